The van der Waals surface area contributed by atoms with E-state index in [0.717, 1.165) is 16.8 Å². The molecule has 2 heterocycles. The van der Waals surface area contributed by atoms with Crippen molar-refractivity contribution in [3.8, 4) is 0 Å². The van der Waals surface area contributed by atoms with Crippen LogP contribution in [0.3, 0.4) is 0 Å². The van der Waals surface area contributed by atoms with Gasteiger partial charge in [-0.2, -0.15) is 0 Å². The number of hydrogen-bond acceptors (Lipinski definition) is 6. The van der Waals surface area contributed by atoms with Crippen LogP contribution in [0.25, 0.3) is 0 Å². The number of para-hydroxylation sites is 1. The van der Waals surface area contributed by atoms with Crippen molar-refractivity contribution < 1.29 is 9.72 Å². The molecule has 0 saturated carbocycles. The average Bonchev–Trinajstić information content (AvgIpc) is 3.02. The van der Waals surface area contributed by atoms with Gasteiger partial charge in [0.1, 0.15) is 11.9 Å². The number of nitro benzene ring substituents is 1. The van der Waals surface area contributed by atoms with Gasteiger partial charge in [-0.3, -0.25) is 19.9 Å². The molecule has 7 nitrogen and oxygen atoms in total. The van der Waals surface area contributed by atoms with E-state index in [-0.39, 0.29) is 17.6 Å². The maximum atomic E-state index is 13.1. The third-order valence-electron chi connectivity index (χ3n) is 4.76. The summed E-state index contributed by atoms with van der Waals surface area (Å²) < 4.78 is 0. The van der Waals surface area contributed by atoms with Gasteiger partial charge in [-0.15, -0.1) is 0 Å². The molecule has 2 aromatic rings. The zero-order valence-electron chi connectivity index (χ0n) is 16.1. The molecule has 0 fully saturated rings. The number of carbonyl (C=O) groups excluding carboxylic acids is 1. The van der Waals surface area contributed by atoms with Gasteiger partial charge in [-0.25, -0.2) is 9.89 Å². The van der Waals surface area contributed by atoms with Crippen LogP contribution in [0.5, 0.6) is 0 Å². The van der Waals surface area contributed by atoms with E-state index in [0.29, 0.717) is 29.1 Å². The summed E-state index contributed by atoms with van der Waals surface area (Å²) in [7, 11) is 0. The van der Waals surface area contributed by atoms with Gasteiger partial charge in [-0.05, 0) is 30.0 Å². The lowest BCUT2D eigenvalue weighted by Gasteiger charge is -2.25. The van der Waals surface area contributed by atoms with E-state index < -0.39 is 4.92 Å². The number of benzene rings is 2. The Hall–Kier alpha value is -3.00. The number of amidine groups is 2. The molecule has 0 radical (unpaired) electrons. The highest BCUT2D eigenvalue weighted by Gasteiger charge is 2.41. The second-order valence-electron chi connectivity index (χ2n) is 7.40. The van der Waals surface area contributed by atoms with Crippen LogP contribution in [0.1, 0.15) is 31.4 Å². The lowest BCUT2D eigenvalue weighted by Crippen LogP contribution is -2.41. The summed E-state index contributed by atoms with van der Waals surface area (Å²) in [6, 6.07) is 13.7. The van der Waals surface area contributed by atoms with E-state index >= 15 is 0 Å². The van der Waals surface area contributed by atoms with Crippen molar-refractivity contribution in [2.24, 2.45) is 15.9 Å². The molecule has 2 aliphatic rings. The van der Waals surface area contributed by atoms with Gasteiger partial charge in [0.2, 0.25) is 0 Å². The van der Waals surface area contributed by atoms with Crippen LogP contribution >= 0.6 is 11.8 Å². The first-order valence-electron chi connectivity index (χ1n) is 9.40. The molecule has 2 aromatic carbocycles. The molecular formula is C21H20N4O3S. The monoisotopic (exact) mass is 408 g/mol. The Balaban J connectivity index is 1.61. The number of non-ortho nitro benzene ring substituents is 1. The number of nitro groups is 1. The fraction of sp³-hybridized carbons (Fsp3) is 0.286. The summed E-state index contributed by atoms with van der Waals surface area (Å²) in [6.45, 7) is 4.16. The lowest BCUT2D eigenvalue weighted by molar-refractivity contribution is -0.384. The first-order chi connectivity index (χ1) is 13.9. The van der Waals surface area contributed by atoms with Crippen LogP contribution in [-0.2, 0) is 10.5 Å². The Labute approximate surface area is 172 Å². The van der Waals surface area contributed by atoms with Gasteiger partial charge in [0.15, 0.2) is 5.17 Å². The Morgan fingerprint density at radius 3 is 2.59 bits per heavy atom. The zero-order chi connectivity index (χ0) is 20.5. The number of amides is 1. The highest BCUT2D eigenvalue weighted by molar-refractivity contribution is 8.13. The van der Waals surface area contributed by atoms with Gasteiger partial charge in [-0.1, -0.05) is 49.9 Å². The van der Waals surface area contributed by atoms with Crippen LogP contribution < -0.4 is 0 Å². The van der Waals surface area contributed by atoms with Crippen molar-refractivity contribution in [3.63, 3.8) is 0 Å². The summed E-state index contributed by atoms with van der Waals surface area (Å²) in [5.41, 5.74) is 2.65. The van der Waals surface area contributed by atoms with E-state index in [2.05, 4.69) is 13.8 Å². The third kappa shape index (κ3) is 3.80. The van der Waals surface area contributed by atoms with Gasteiger partial charge in [0.05, 0.1) is 10.6 Å². The second kappa shape index (κ2) is 7.79. The fourth-order valence-corrected chi connectivity index (χ4v) is 4.32. The summed E-state index contributed by atoms with van der Waals surface area (Å²) in [5.74, 6) is 1.53. The number of nitrogens with zero attached hydrogens (tertiary/aromatic N) is 4. The van der Waals surface area contributed by atoms with Crippen LogP contribution in [0, 0.1) is 16.0 Å². The molecule has 1 atom stereocenters. The first kappa shape index (κ1) is 19.3. The minimum Gasteiger partial charge on any atom is -0.271 e. The number of rotatable bonds is 5. The fourth-order valence-electron chi connectivity index (χ4n) is 3.36. The zero-order valence-corrected chi connectivity index (χ0v) is 16.9. The molecule has 0 aliphatic carbocycles. The largest absolute Gasteiger partial charge is 0.271 e. The summed E-state index contributed by atoms with van der Waals surface area (Å²) in [4.78, 5) is 34.5. The quantitative estimate of drug-likeness (QED) is 0.537. The maximum absolute atomic E-state index is 13.1. The van der Waals surface area contributed by atoms with Gasteiger partial charge in [0.25, 0.3) is 11.6 Å². The molecule has 0 unspecified atom stereocenters. The van der Waals surface area contributed by atoms with Gasteiger partial charge >= 0.3 is 0 Å². The molecule has 0 spiro atoms. The lowest BCUT2D eigenvalue weighted by atomic mass is 10.0. The van der Waals surface area contributed by atoms with Crippen LogP contribution in [-0.4, -0.2) is 32.8 Å². The highest BCUT2D eigenvalue weighted by atomic mass is 32.2. The van der Waals surface area contributed by atoms with Crippen LogP contribution in [0.15, 0.2) is 58.5 Å². The van der Waals surface area contributed by atoms with Crippen LogP contribution in [0.4, 0.5) is 11.4 Å². The molecule has 148 valence electrons. The molecule has 29 heavy (non-hydrogen) atoms. The van der Waals surface area contributed by atoms with E-state index in [1.165, 1.54) is 23.9 Å². The van der Waals surface area contributed by atoms with Crippen molar-refractivity contribution in [1.29, 1.82) is 0 Å². The third-order valence-corrected chi connectivity index (χ3v) is 5.77. The first-order valence-corrected chi connectivity index (χ1v) is 10.4. The number of fused-ring (bicyclic) bond motifs is 3. The Kier molecular flexibility index (Phi) is 5.19. The minimum absolute atomic E-state index is 0.0434. The van der Waals surface area contributed by atoms with E-state index in [1.807, 2.05) is 24.3 Å². The van der Waals surface area contributed by atoms with Crippen molar-refractivity contribution >= 4 is 40.0 Å². The number of hydrogen-bond donors (Lipinski definition) is 0. The predicted octanol–water partition coefficient (Wildman–Crippen LogP) is 4.53. The molecule has 0 bridgehead atoms. The van der Waals surface area contributed by atoms with Crippen molar-refractivity contribution in [3.05, 3.63) is 69.8 Å². The molecule has 0 aromatic heterocycles. The molecular weight excluding hydrogens is 388 g/mol. The average molecular weight is 408 g/mol. The summed E-state index contributed by atoms with van der Waals surface area (Å²) in [5, 5.41) is 11.4. The summed E-state index contributed by atoms with van der Waals surface area (Å²) in [6.07, 6.45) is 0.696. The van der Waals surface area contributed by atoms with E-state index in [1.54, 1.807) is 17.0 Å². The molecule has 2 aliphatic heterocycles. The topological polar surface area (TPSA) is 88.2 Å². The standard InChI is InChI=1S/C21H20N4O3S/c1-13(2)11-18-20(26)24-19(22-18)16-5-3-4-6-17(16)23-21(24)29-12-14-7-9-15(10-8-14)25(27)28/h3-10,13,18H,11-12H2,1-2H3/t18-/m1/s1. The normalized spacial score (nSPS) is 17.7. The Bertz CT molecular complexity index is 1030. The number of carbonyl (C=O) groups is 1. The minimum atomic E-state index is -0.417. The SMILES string of the molecule is CC(C)C[C@H]1N=C2c3ccccc3N=C(SCc3ccc([N+](=O)[O-])cc3)N2C1=O. The molecule has 1 amide bonds. The van der Waals surface area contributed by atoms with Gasteiger partial charge in [0, 0.05) is 23.4 Å². The molecule has 0 saturated heterocycles. The number of aliphatic imine (C=N–C) groups is 2. The smallest absolute Gasteiger partial charge is 0.269 e. The van der Waals surface area contributed by atoms with Crippen LogP contribution in [0.2, 0.25) is 0 Å². The second-order valence-corrected chi connectivity index (χ2v) is 8.34. The van der Waals surface area contributed by atoms with Gasteiger partial charge < -0.3 is 0 Å². The molecule has 0 N–H and O–H groups in total. The summed E-state index contributed by atoms with van der Waals surface area (Å²) >= 11 is 1.43. The van der Waals surface area contributed by atoms with Crippen molar-refractivity contribution in [2.45, 2.75) is 32.1 Å². The maximum Gasteiger partial charge on any atom is 0.269 e. The molecule has 4 rings (SSSR count). The molecule has 8 heteroatoms. The van der Waals surface area contributed by atoms with Crippen molar-refractivity contribution in [2.75, 3.05) is 0 Å². The predicted molar refractivity (Wildman–Crippen MR) is 115 cm³/mol. The Morgan fingerprint density at radius 1 is 1.17 bits per heavy atom. The van der Waals surface area contributed by atoms with E-state index in [4.69, 9.17) is 9.98 Å². The Morgan fingerprint density at radius 2 is 1.90 bits per heavy atom. The van der Waals surface area contributed by atoms with E-state index in [9.17, 15) is 14.9 Å². The number of thioether (sulfide) groups is 1. The van der Waals surface area contributed by atoms with Crippen molar-refractivity contribution in [1.82, 2.24) is 4.90 Å². The highest BCUT2D eigenvalue weighted by Crippen LogP contribution is 2.35.